The summed E-state index contributed by atoms with van der Waals surface area (Å²) in [6.45, 7) is 6.54. The summed E-state index contributed by atoms with van der Waals surface area (Å²) < 4.78 is 17.6. The van der Waals surface area contributed by atoms with Crippen LogP contribution in [0.1, 0.15) is 37.5 Å². The molecule has 12 heteroatoms. The SMILES string of the molecule is CCc1cc(-c2[c-]cccc2)ncc1-c1ccccc1.CCc1cc(-c2[c-]cccc2)ncc1-c1ccccc1.CCc1cc(-c2[c-]cccc2)ncc1-c1ccccc1.[Ir].[Ir].[Ir].[c-]1cc2c(cc1-c1ccccn1)oc1ccccc12.[c-]1cc2oc3ccccc3c2cc1-c1ccccn1.[c-]1ccc2c(oc3ccccc32)c1-c1ccccn1. The molecular weight excluding hydrogens is 2010 g/mol. The smallest absolute Gasteiger partial charge is 0.123 e. The van der Waals surface area contributed by atoms with E-state index in [1.165, 1.54) is 50.1 Å². The summed E-state index contributed by atoms with van der Waals surface area (Å²) in [5.41, 5.74) is 28.2. The molecule has 0 fully saturated rings. The Kier molecular flexibility index (Phi) is 29.6. The predicted octanol–water partition coefficient (Wildman–Crippen LogP) is 27.7. The third kappa shape index (κ3) is 20.2. The molecule has 21 rings (SSSR count). The zero-order valence-electron chi connectivity index (χ0n) is 65.9. The van der Waals surface area contributed by atoms with E-state index < -0.39 is 0 Å². The van der Waals surface area contributed by atoms with Gasteiger partial charge in [0.1, 0.15) is 16.7 Å². The van der Waals surface area contributed by atoms with Gasteiger partial charge in [-0.2, -0.15) is 0 Å². The van der Waals surface area contributed by atoms with Gasteiger partial charge in [-0.3, -0.25) is 0 Å². The van der Waals surface area contributed by atoms with Crippen LogP contribution in [0, 0.1) is 36.4 Å². The number of furan rings is 3. The minimum atomic E-state index is 0. The van der Waals surface area contributed by atoms with Crippen molar-refractivity contribution >= 4 is 65.8 Å². The van der Waals surface area contributed by atoms with Gasteiger partial charge in [0.05, 0.1) is 16.7 Å². The van der Waals surface area contributed by atoms with Crippen molar-refractivity contribution in [3.8, 4) is 101 Å². The van der Waals surface area contributed by atoms with Crippen molar-refractivity contribution in [3.63, 3.8) is 0 Å². The normalized spacial score (nSPS) is 10.5. The van der Waals surface area contributed by atoms with Crippen LogP contribution in [0.15, 0.2) is 396 Å². The Morgan fingerprint density at radius 2 is 0.608 bits per heavy atom. The molecule has 12 aromatic carbocycles. The number of hydrogen-bond donors (Lipinski definition) is 0. The molecule has 0 saturated heterocycles. The molecule has 0 saturated carbocycles. The molecule has 9 aromatic heterocycles. The van der Waals surface area contributed by atoms with Gasteiger partial charge >= 0.3 is 0 Å². The molecule has 591 valence electrons. The van der Waals surface area contributed by atoms with Gasteiger partial charge in [0.25, 0.3) is 0 Å². The Labute approximate surface area is 740 Å². The van der Waals surface area contributed by atoms with Crippen LogP contribution in [-0.4, -0.2) is 29.9 Å². The van der Waals surface area contributed by atoms with Crippen molar-refractivity contribution < 1.29 is 73.6 Å². The van der Waals surface area contributed by atoms with Crippen molar-refractivity contribution in [1.82, 2.24) is 29.9 Å². The molecule has 120 heavy (non-hydrogen) atoms. The van der Waals surface area contributed by atoms with Gasteiger partial charge in [-0.15, -0.1) is 167 Å². The molecule has 0 amide bonds. The van der Waals surface area contributed by atoms with E-state index in [0.29, 0.717) is 0 Å². The second kappa shape index (κ2) is 41.8. The van der Waals surface area contributed by atoms with E-state index in [2.05, 4.69) is 202 Å². The van der Waals surface area contributed by atoms with Gasteiger partial charge in [0.2, 0.25) is 0 Å². The summed E-state index contributed by atoms with van der Waals surface area (Å²) in [7, 11) is 0. The summed E-state index contributed by atoms with van der Waals surface area (Å²) in [5.74, 6) is 0. The van der Waals surface area contributed by atoms with E-state index in [0.717, 1.165) is 153 Å². The first kappa shape index (κ1) is 84.8. The molecule has 9 nitrogen and oxygen atoms in total. The van der Waals surface area contributed by atoms with Crippen LogP contribution < -0.4 is 0 Å². The third-order valence-electron chi connectivity index (χ3n) is 20.1. The number of benzene rings is 12. The van der Waals surface area contributed by atoms with Gasteiger partial charge in [-0.1, -0.05) is 249 Å². The van der Waals surface area contributed by atoms with Crippen LogP contribution in [0.5, 0.6) is 0 Å². The van der Waals surface area contributed by atoms with Gasteiger partial charge in [-0.05, 0) is 129 Å². The molecule has 0 aliphatic carbocycles. The number of rotatable bonds is 12. The minimum absolute atomic E-state index is 0. The minimum Gasteiger partial charge on any atom is -0.501 e. The van der Waals surface area contributed by atoms with Crippen molar-refractivity contribution in [2.45, 2.75) is 40.0 Å². The molecule has 0 unspecified atom stereocenters. The van der Waals surface area contributed by atoms with Gasteiger partial charge in [0, 0.05) is 125 Å². The molecule has 3 radical (unpaired) electrons. The molecular formula is C108H78Ir3N6O3-6. The Balaban J connectivity index is 0.000000124. The van der Waals surface area contributed by atoms with E-state index in [1.807, 2.05) is 249 Å². The number of para-hydroxylation sites is 3. The zero-order valence-corrected chi connectivity index (χ0v) is 73.1. The van der Waals surface area contributed by atoms with E-state index in [4.69, 9.17) is 13.3 Å². The van der Waals surface area contributed by atoms with Gasteiger partial charge in [0.15, 0.2) is 0 Å². The van der Waals surface area contributed by atoms with Crippen molar-refractivity contribution in [1.29, 1.82) is 0 Å². The van der Waals surface area contributed by atoms with Crippen LogP contribution >= 0.6 is 0 Å². The molecule has 0 bridgehead atoms. The monoisotopic (exact) mass is 2090 g/mol. The summed E-state index contributed by atoms with van der Waals surface area (Å²) in [5, 5.41) is 6.69. The maximum atomic E-state index is 5.97. The average Bonchev–Trinajstić information content (AvgIpc) is 1.63. The summed E-state index contributed by atoms with van der Waals surface area (Å²) in [6.07, 6.45) is 14.3. The van der Waals surface area contributed by atoms with Gasteiger partial charge < -0.3 is 43.2 Å². The summed E-state index contributed by atoms with van der Waals surface area (Å²) in [6, 6.07) is 135. The Hall–Kier alpha value is -13.1. The van der Waals surface area contributed by atoms with Crippen molar-refractivity contribution in [2.24, 2.45) is 0 Å². The van der Waals surface area contributed by atoms with Gasteiger partial charge in [-0.25, -0.2) is 0 Å². The Morgan fingerprint density at radius 3 is 1.02 bits per heavy atom. The van der Waals surface area contributed by atoms with Crippen molar-refractivity contribution in [2.75, 3.05) is 0 Å². The fourth-order valence-electron chi connectivity index (χ4n) is 14.2. The van der Waals surface area contributed by atoms with Crippen LogP contribution in [-0.2, 0) is 79.6 Å². The Bertz CT molecular complexity index is 6490. The summed E-state index contributed by atoms with van der Waals surface area (Å²) in [4.78, 5) is 26.9. The number of nitrogens with zero attached hydrogens (tertiary/aromatic N) is 6. The predicted molar refractivity (Wildman–Crippen MR) is 477 cm³/mol. The third-order valence-corrected chi connectivity index (χ3v) is 20.1. The van der Waals surface area contributed by atoms with Crippen LogP contribution in [0.3, 0.4) is 0 Å². The van der Waals surface area contributed by atoms with E-state index in [-0.39, 0.29) is 60.3 Å². The molecule has 9 heterocycles. The molecule has 0 spiro atoms. The molecule has 0 N–H and O–H groups in total. The first-order valence-electron chi connectivity index (χ1n) is 39.2. The zero-order chi connectivity index (χ0) is 79.3. The fraction of sp³-hybridized carbons (Fsp3) is 0.0556. The van der Waals surface area contributed by atoms with Crippen molar-refractivity contribution in [3.05, 3.63) is 436 Å². The maximum absolute atomic E-state index is 5.97. The first-order valence-corrected chi connectivity index (χ1v) is 39.2. The second-order valence-corrected chi connectivity index (χ2v) is 27.5. The number of aryl methyl sites for hydroxylation is 3. The Morgan fingerprint density at radius 1 is 0.242 bits per heavy atom. The van der Waals surface area contributed by atoms with E-state index in [9.17, 15) is 0 Å². The first-order chi connectivity index (χ1) is 57.9. The molecule has 0 aliphatic rings. The quantitative estimate of drug-likeness (QED) is 0.110. The van der Waals surface area contributed by atoms with Crippen LogP contribution in [0.2, 0.25) is 0 Å². The number of pyridine rings is 6. The van der Waals surface area contributed by atoms with Crippen LogP contribution in [0.4, 0.5) is 0 Å². The average molecular weight is 2080 g/mol. The number of hydrogen-bond acceptors (Lipinski definition) is 9. The second-order valence-electron chi connectivity index (χ2n) is 27.5. The largest absolute Gasteiger partial charge is 0.501 e. The molecule has 21 aromatic rings. The topological polar surface area (TPSA) is 117 Å². The standard InChI is InChI=1S/3C19H16N.3C17H10NO.3Ir/c3*1-2-15-13-19(17-11-7-4-8-12-17)20-14-18(15)16-9-5-3-6-10-16;1-2-10-16-12(6-1)13-7-5-8-14(17(13)19-16)15-9-3-4-11-18-15;1-2-7-16-13(5-1)14-11-12(8-9-17(14)19-16)15-6-3-4-10-18-15;1-2-7-16-13(5-1)14-9-8-12(11-17(14)19-16)15-6-3-4-10-18-15;;;/h3*3-11,13-14H,2H2,1H3;3*1-7,9-11H;;;/q6*-1;;;. The van der Waals surface area contributed by atoms with E-state index in [1.54, 1.807) is 18.6 Å². The number of aromatic nitrogens is 6. The fourth-order valence-corrected chi connectivity index (χ4v) is 14.2. The molecule has 0 atom stereocenters. The van der Waals surface area contributed by atoms with Crippen LogP contribution in [0.25, 0.3) is 167 Å². The number of fused-ring (bicyclic) bond motifs is 9. The summed E-state index contributed by atoms with van der Waals surface area (Å²) >= 11 is 0. The van der Waals surface area contributed by atoms with E-state index >= 15 is 0 Å². The molecule has 0 aliphatic heterocycles. The maximum Gasteiger partial charge on any atom is 0.123 e.